The number of nitrogens with one attached hydrogen (secondary N) is 2. The number of carbonyl (C=O) groups is 3. The minimum atomic E-state index is -1.25. The van der Waals surface area contributed by atoms with Crippen LogP contribution in [0.25, 0.3) is 10.4 Å². The van der Waals surface area contributed by atoms with Gasteiger partial charge in [-0.1, -0.05) is 38.1 Å². The Morgan fingerprint density at radius 3 is 2.63 bits per heavy atom. The lowest BCUT2D eigenvalue weighted by Gasteiger charge is -2.36. The van der Waals surface area contributed by atoms with Gasteiger partial charge < -0.3 is 25.3 Å². The van der Waals surface area contributed by atoms with Crippen molar-refractivity contribution in [2.75, 3.05) is 26.7 Å². The number of benzene rings is 1. The number of hydrogen-bond acceptors (Lipinski definition) is 7. The quantitative estimate of drug-likeness (QED) is 0.404. The van der Waals surface area contributed by atoms with Crippen LogP contribution >= 0.6 is 11.3 Å². The molecule has 190 valence electrons. The van der Waals surface area contributed by atoms with Crippen molar-refractivity contribution < 1.29 is 24.2 Å². The molecular weight excluding hydrogens is 468 g/mol. The molecule has 9 nitrogen and oxygen atoms in total. The van der Waals surface area contributed by atoms with Crippen LogP contribution in [0, 0.1) is 12.3 Å². The predicted molar refractivity (Wildman–Crippen MR) is 135 cm³/mol. The van der Waals surface area contributed by atoms with Gasteiger partial charge in [0.1, 0.15) is 6.29 Å². The van der Waals surface area contributed by atoms with E-state index in [-0.39, 0.29) is 12.0 Å². The Morgan fingerprint density at radius 1 is 1.34 bits per heavy atom. The van der Waals surface area contributed by atoms with Crippen molar-refractivity contribution in [2.45, 2.75) is 51.8 Å². The third-order valence-corrected chi connectivity index (χ3v) is 7.52. The smallest absolute Gasteiger partial charge is 0.405 e. The molecule has 10 heteroatoms. The zero-order chi connectivity index (χ0) is 25.6. The molecule has 1 aliphatic heterocycles. The Hall–Kier alpha value is -2.82. The summed E-state index contributed by atoms with van der Waals surface area (Å²) in [6.45, 7) is 7.03. The molecule has 1 aliphatic rings. The molecule has 2 aromatic rings. The van der Waals surface area contributed by atoms with E-state index < -0.39 is 23.6 Å². The molecule has 1 aromatic heterocycles. The third kappa shape index (κ3) is 6.87. The lowest BCUT2D eigenvalue weighted by Crippen LogP contribution is -2.53. The monoisotopic (exact) mass is 502 g/mol. The summed E-state index contributed by atoms with van der Waals surface area (Å²) >= 11 is 1.62. The average Bonchev–Trinajstić information content (AvgIpc) is 3.43. The van der Waals surface area contributed by atoms with E-state index in [2.05, 4.69) is 39.9 Å². The highest BCUT2D eigenvalue weighted by atomic mass is 32.1. The van der Waals surface area contributed by atoms with Crippen molar-refractivity contribution >= 4 is 29.6 Å². The number of carbonyl (C=O) groups excluding carboxylic acids is 2. The topological polar surface area (TPSA) is 121 Å². The van der Waals surface area contributed by atoms with Gasteiger partial charge in [-0.25, -0.2) is 9.78 Å². The van der Waals surface area contributed by atoms with Crippen molar-refractivity contribution in [1.82, 2.24) is 20.5 Å². The van der Waals surface area contributed by atoms with E-state index in [9.17, 15) is 14.4 Å². The molecule has 0 saturated carbocycles. The first-order valence-corrected chi connectivity index (χ1v) is 12.5. The summed E-state index contributed by atoms with van der Waals surface area (Å²) in [4.78, 5) is 43.1. The molecule has 3 rings (SSSR count). The van der Waals surface area contributed by atoms with Crippen LogP contribution in [0.3, 0.4) is 0 Å². The van der Waals surface area contributed by atoms with Gasteiger partial charge in [-0.3, -0.25) is 9.69 Å². The summed E-state index contributed by atoms with van der Waals surface area (Å²) in [6, 6.07) is 7.00. The number of ether oxygens (including phenoxy) is 1. The minimum Gasteiger partial charge on any atom is -0.465 e. The standard InChI is InChI=1S/C25H34N4O5S/c1-16-22(35-15-27-16)18-7-5-17(6-8-18)9-10-26-23(31)20-11-19(34-4)12-29(20)14-25(2,3)21(13-30)28-24(32)33/h5-8,13,15,19-21,28H,9-12,14H2,1-4H3,(H,26,31)(H,32,33)/t19-,20+,21-/m1/s1. The van der Waals surface area contributed by atoms with E-state index in [4.69, 9.17) is 9.84 Å². The van der Waals surface area contributed by atoms with Crippen LogP contribution in [0.15, 0.2) is 29.8 Å². The first-order valence-electron chi connectivity index (χ1n) is 11.6. The molecule has 0 unspecified atom stereocenters. The van der Waals surface area contributed by atoms with Gasteiger partial charge in [-0.05, 0) is 30.9 Å². The summed E-state index contributed by atoms with van der Waals surface area (Å²) in [7, 11) is 1.62. The first-order chi connectivity index (χ1) is 16.6. The second-order valence-electron chi connectivity index (χ2n) is 9.60. The number of amides is 2. The van der Waals surface area contributed by atoms with Crippen molar-refractivity contribution in [3.8, 4) is 10.4 Å². The highest BCUT2D eigenvalue weighted by Crippen LogP contribution is 2.29. The summed E-state index contributed by atoms with van der Waals surface area (Å²) in [5.41, 5.74) is 4.42. The molecule has 1 saturated heterocycles. The van der Waals surface area contributed by atoms with Gasteiger partial charge in [0.05, 0.1) is 34.3 Å². The average molecular weight is 503 g/mol. The van der Waals surface area contributed by atoms with Gasteiger partial charge in [0.2, 0.25) is 5.91 Å². The minimum absolute atomic E-state index is 0.0916. The Morgan fingerprint density at radius 2 is 2.06 bits per heavy atom. The van der Waals surface area contributed by atoms with Crippen LogP contribution in [0.4, 0.5) is 4.79 Å². The zero-order valence-electron chi connectivity index (χ0n) is 20.6. The second-order valence-corrected chi connectivity index (χ2v) is 10.5. The highest BCUT2D eigenvalue weighted by Gasteiger charge is 2.41. The number of aromatic nitrogens is 1. The Bertz CT molecular complexity index is 1020. The van der Waals surface area contributed by atoms with Crippen molar-refractivity contribution in [3.05, 3.63) is 41.0 Å². The summed E-state index contributed by atoms with van der Waals surface area (Å²) in [5, 5.41) is 14.4. The van der Waals surface area contributed by atoms with E-state index >= 15 is 0 Å². The fourth-order valence-electron chi connectivity index (χ4n) is 4.50. The van der Waals surface area contributed by atoms with Crippen LogP contribution in [-0.2, 0) is 20.7 Å². The zero-order valence-corrected chi connectivity index (χ0v) is 21.4. The lowest BCUT2D eigenvalue weighted by atomic mass is 9.84. The van der Waals surface area contributed by atoms with Crippen molar-refractivity contribution in [1.29, 1.82) is 0 Å². The Kier molecular flexibility index (Phi) is 8.98. The predicted octanol–water partition coefficient (Wildman–Crippen LogP) is 2.73. The van der Waals surface area contributed by atoms with Crippen LogP contribution in [0.2, 0.25) is 0 Å². The number of hydrogen-bond donors (Lipinski definition) is 3. The molecular formula is C25H34N4O5S. The maximum absolute atomic E-state index is 13.1. The number of aryl methyl sites for hydroxylation is 1. The van der Waals surface area contributed by atoms with Gasteiger partial charge in [0, 0.05) is 32.2 Å². The van der Waals surface area contributed by atoms with E-state index in [0.29, 0.717) is 38.8 Å². The highest BCUT2D eigenvalue weighted by molar-refractivity contribution is 7.13. The molecule has 3 N–H and O–H groups in total. The number of likely N-dealkylation sites (tertiary alicyclic amines) is 1. The Labute approximate surface area is 209 Å². The van der Waals surface area contributed by atoms with Crippen LogP contribution < -0.4 is 10.6 Å². The van der Waals surface area contributed by atoms with E-state index in [1.807, 2.05) is 31.2 Å². The molecule has 0 spiro atoms. The fourth-order valence-corrected chi connectivity index (χ4v) is 5.31. The SMILES string of the molecule is CO[C@@H]1C[C@@H](C(=O)NCCc2ccc(-c3scnc3C)cc2)N(CC(C)(C)[C@@H](C=O)NC(=O)O)C1. The van der Waals surface area contributed by atoms with Crippen molar-refractivity contribution in [3.63, 3.8) is 0 Å². The maximum atomic E-state index is 13.1. The van der Waals surface area contributed by atoms with Crippen LogP contribution in [-0.4, -0.2) is 78.2 Å². The Balaban J connectivity index is 1.58. The number of methoxy groups -OCH3 is 1. The van der Waals surface area contributed by atoms with E-state index in [1.165, 1.54) is 0 Å². The number of rotatable bonds is 11. The molecule has 35 heavy (non-hydrogen) atoms. The number of thiazole rings is 1. The van der Waals surface area contributed by atoms with Crippen LogP contribution in [0.1, 0.15) is 31.5 Å². The van der Waals surface area contributed by atoms with Gasteiger partial charge in [-0.2, -0.15) is 0 Å². The number of carboxylic acid groups (broad SMARTS) is 1. The van der Waals surface area contributed by atoms with Gasteiger partial charge in [0.25, 0.3) is 0 Å². The maximum Gasteiger partial charge on any atom is 0.405 e. The fraction of sp³-hybridized carbons (Fsp3) is 0.520. The van der Waals surface area contributed by atoms with Gasteiger partial charge in [-0.15, -0.1) is 11.3 Å². The molecule has 0 radical (unpaired) electrons. The summed E-state index contributed by atoms with van der Waals surface area (Å²) < 4.78 is 5.51. The number of aldehydes is 1. The summed E-state index contributed by atoms with van der Waals surface area (Å²) in [5.74, 6) is -0.0916. The molecule has 0 aliphatic carbocycles. The van der Waals surface area contributed by atoms with E-state index in [1.54, 1.807) is 18.4 Å². The van der Waals surface area contributed by atoms with Gasteiger partial charge in [0.15, 0.2) is 0 Å². The molecule has 0 bridgehead atoms. The third-order valence-electron chi connectivity index (χ3n) is 6.54. The molecule has 3 atom stereocenters. The van der Waals surface area contributed by atoms with Crippen molar-refractivity contribution in [2.24, 2.45) is 5.41 Å². The largest absolute Gasteiger partial charge is 0.465 e. The molecule has 1 aromatic carbocycles. The molecule has 2 amide bonds. The first kappa shape index (κ1) is 26.8. The van der Waals surface area contributed by atoms with E-state index in [0.717, 1.165) is 21.7 Å². The van der Waals surface area contributed by atoms with Gasteiger partial charge >= 0.3 is 6.09 Å². The second kappa shape index (κ2) is 11.7. The normalized spacial score (nSPS) is 19.3. The number of nitrogens with zero attached hydrogens (tertiary/aromatic N) is 2. The summed E-state index contributed by atoms with van der Waals surface area (Å²) in [6.07, 6.45) is 0.492. The van der Waals surface area contributed by atoms with Crippen LogP contribution in [0.5, 0.6) is 0 Å². The lowest BCUT2D eigenvalue weighted by molar-refractivity contribution is -0.126. The molecule has 2 heterocycles. The molecule has 1 fully saturated rings.